The highest BCUT2D eigenvalue weighted by molar-refractivity contribution is 5.59. The average Bonchev–Trinajstić information content (AvgIpc) is 2.33. The first kappa shape index (κ1) is 5.29. The van der Waals surface area contributed by atoms with Crippen molar-refractivity contribution in [3.63, 3.8) is 0 Å². The van der Waals surface area contributed by atoms with Crippen LogP contribution < -0.4 is 5.76 Å². The van der Waals surface area contributed by atoms with Gasteiger partial charge >= 0.3 is 5.76 Å². The van der Waals surface area contributed by atoms with Crippen molar-refractivity contribution in [1.29, 1.82) is 0 Å². The van der Waals surface area contributed by atoms with Gasteiger partial charge in [0.2, 0.25) is 0 Å². The molecule has 0 aromatic heterocycles. The number of aromatic nitrogens is 1. The topological polar surface area (TPSA) is 46.0 Å². The van der Waals surface area contributed by atoms with E-state index in [9.17, 15) is 4.79 Å². The van der Waals surface area contributed by atoms with Gasteiger partial charge in [0.25, 0.3) is 0 Å². The maximum atomic E-state index is 10.6. The number of hydrogen-bond acceptors (Lipinski definition) is 2. The molecule has 0 aromatic carbocycles. The average molecular weight is 135 g/mol. The Morgan fingerprint density at radius 2 is 2.30 bits per heavy atom. The molecule has 0 fully saturated rings. The van der Waals surface area contributed by atoms with Crippen molar-refractivity contribution in [3.05, 3.63) is 35.0 Å². The third-order valence-electron chi connectivity index (χ3n) is 1.38. The zero-order chi connectivity index (χ0) is 6.97. The van der Waals surface area contributed by atoms with Gasteiger partial charge < -0.3 is 4.42 Å². The van der Waals surface area contributed by atoms with Crippen LogP contribution in [0.2, 0.25) is 0 Å². The molecule has 10 heavy (non-hydrogen) atoms. The summed E-state index contributed by atoms with van der Waals surface area (Å²) in [5.74, 6) is -0.418. The fraction of sp³-hybridized carbons (Fsp3) is 0. The van der Waals surface area contributed by atoms with Crippen molar-refractivity contribution in [2.75, 3.05) is 0 Å². The van der Waals surface area contributed by atoms with Crippen LogP contribution in [-0.4, -0.2) is 4.98 Å². The minimum absolute atomic E-state index is 0.418. The SMILES string of the molecule is O=c1[nH]c2cccc-2co1. The van der Waals surface area contributed by atoms with Crippen LogP contribution in [-0.2, 0) is 0 Å². The molecule has 0 radical (unpaired) electrons. The molecule has 50 valence electrons. The first-order valence-corrected chi connectivity index (χ1v) is 2.93. The molecule has 0 bridgehead atoms. The Morgan fingerprint density at radius 3 is 3.20 bits per heavy atom. The fourth-order valence-electron chi connectivity index (χ4n) is 0.907. The Kier molecular flexibility index (Phi) is 0.917. The van der Waals surface area contributed by atoms with Gasteiger partial charge in [0, 0.05) is 5.56 Å². The zero-order valence-corrected chi connectivity index (χ0v) is 5.13. The van der Waals surface area contributed by atoms with Gasteiger partial charge in [-0.15, -0.1) is 0 Å². The predicted molar refractivity (Wildman–Crippen MR) is 36.0 cm³/mol. The van der Waals surface area contributed by atoms with Gasteiger partial charge in [-0.25, -0.2) is 4.79 Å². The molecule has 2 rings (SSSR count). The lowest BCUT2D eigenvalue weighted by molar-refractivity contribution is 0.486. The highest BCUT2D eigenvalue weighted by Gasteiger charge is 2.00. The standard InChI is InChI=1S/C7H5NO2/c9-7-8-6-3-1-2-5(6)4-10-7/h1-4H,(H,8,9). The van der Waals surface area contributed by atoms with Crippen molar-refractivity contribution in [2.24, 2.45) is 0 Å². The Bertz CT molecular complexity index is 360. The molecule has 1 heterocycles. The number of hydrogen-bond donors (Lipinski definition) is 1. The summed E-state index contributed by atoms with van der Waals surface area (Å²) < 4.78 is 4.59. The number of aromatic amines is 1. The molecule has 0 unspecified atom stereocenters. The van der Waals surface area contributed by atoms with Crippen LogP contribution in [0.3, 0.4) is 0 Å². The lowest BCUT2D eigenvalue weighted by atomic mass is 10.3. The largest absolute Gasteiger partial charge is 0.417 e. The Morgan fingerprint density at radius 1 is 1.40 bits per heavy atom. The first-order valence-electron chi connectivity index (χ1n) is 2.93. The molecule has 0 saturated carbocycles. The van der Waals surface area contributed by atoms with Crippen LogP contribution in [0.15, 0.2) is 33.7 Å². The molecule has 3 heteroatoms. The maximum Gasteiger partial charge on any atom is 0.416 e. The Labute approximate surface area is 56.6 Å². The van der Waals surface area contributed by atoms with Gasteiger partial charge in [-0.1, -0.05) is 6.07 Å². The van der Waals surface area contributed by atoms with E-state index in [4.69, 9.17) is 0 Å². The van der Waals surface area contributed by atoms with Crippen molar-refractivity contribution < 1.29 is 4.42 Å². The molecule has 0 atom stereocenters. The number of H-pyrrole nitrogens is 1. The van der Waals surface area contributed by atoms with Crippen molar-refractivity contribution >= 4 is 0 Å². The van der Waals surface area contributed by atoms with E-state index in [1.54, 1.807) is 0 Å². The van der Waals surface area contributed by atoms with E-state index in [2.05, 4.69) is 9.40 Å². The molecule has 1 N–H and O–H groups in total. The van der Waals surface area contributed by atoms with E-state index in [0.29, 0.717) is 0 Å². The molecule has 0 aromatic rings. The second kappa shape index (κ2) is 1.73. The third kappa shape index (κ3) is 0.639. The molecule has 3 nitrogen and oxygen atoms in total. The summed E-state index contributed by atoms with van der Waals surface area (Å²) in [5, 5.41) is 0. The summed E-state index contributed by atoms with van der Waals surface area (Å²) in [5.41, 5.74) is 1.73. The summed E-state index contributed by atoms with van der Waals surface area (Å²) in [6.45, 7) is 0. The lowest BCUT2D eigenvalue weighted by Gasteiger charge is -1.92. The second-order valence-electron chi connectivity index (χ2n) is 2.04. The maximum absolute atomic E-state index is 10.6. The summed E-state index contributed by atoms with van der Waals surface area (Å²) >= 11 is 0. The smallest absolute Gasteiger partial charge is 0.416 e. The quantitative estimate of drug-likeness (QED) is 0.587. The van der Waals surface area contributed by atoms with E-state index in [-0.39, 0.29) is 0 Å². The van der Waals surface area contributed by atoms with E-state index in [0.717, 1.165) is 11.3 Å². The summed E-state index contributed by atoms with van der Waals surface area (Å²) in [4.78, 5) is 13.1. The van der Waals surface area contributed by atoms with Gasteiger partial charge in [-0.2, -0.15) is 0 Å². The van der Waals surface area contributed by atoms with Crippen LogP contribution in [0.5, 0.6) is 0 Å². The van der Waals surface area contributed by atoms with Crippen LogP contribution in [0.1, 0.15) is 0 Å². The van der Waals surface area contributed by atoms with Crippen molar-refractivity contribution in [3.8, 4) is 11.3 Å². The normalized spacial score (nSPS) is 10.4. The number of rotatable bonds is 0. The van der Waals surface area contributed by atoms with E-state index < -0.39 is 5.76 Å². The minimum atomic E-state index is -0.418. The fourth-order valence-corrected chi connectivity index (χ4v) is 0.907. The first-order chi connectivity index (χ1) is 4.86. The summed E-state index contributed by atoms with van der Waals surface area (Å²) in [6.07, 6.45) is 1.44. The Hall–Kier alpha value is -1.51. The van der Waals surface area contributed by atoms with Gasteiger partial charge in [0.05, 0.1) is 5.69 Å². The molecule has 0 amide bonds. The second-order valence-corrected chi connectivity index (χ2v) is 2.04. The molecule has 1 aliphatic heterocycles. The van der Waals surface area contributed by atoms with Crippen LogP contribution in [0.4, 0.5) is 0 Å². The van der Waals surface area contributed by atoms with Gasteiger partial charge in [0.15, 0.2) is 0 Å². The molecule has 1 aliphatic carbocycles. The van der Waals surface area contributed by atoms with Gasteiger partial charge in [0.1, 0.15) is 6.26 Å². The Balaban J connectivity index is 2.87. The van der Waals surface area contributed by atoms with Gasteiger partial charge in [-0.05, 0) is 12.1 Å². The van der Waals surface area contributed by atoms with Crippen molar-refractivity contribution in [2.45, 2.75) is 0 Å². The van der Waals surface area contributed by atoms with Crippen LogP contribution in [0.25, 0.3) is 11.3 Å². The summed E-state index contributed by atoms with van der Waals surface area (Å²) in [6, 6.07) is 5.55. The predicted octanol–water partition coefficient (Wildman–Crippen LogP) is 1.07. The summed E-state index contributed by atoms with van der Waals surface area (Å²) in [7, 11) is 0. The van der Waals surface area contributed by atoms with Gasteiger partial charge in [-0.3, -0.25) is 4.98 Å². The van der Waals surface area contributed by atoms with Crippen LogP contribution >= 0.6 is 0 Å². The third-order valence-corrected chi connectivity index (χ3v) is 1.38. The number of fused-ring (bicyclic) bond motifs is 1. The zero-order valence-electron chi connectivity index (χ0n) is 5.13. The monoisotopic (exact) mass is 135 g/mol. The lowest BCUT2D eigenvalue weighted by Crippen LogP contribution is -2.03. The highest BCUT2D eigenvalue weighted by atomic mass is 16.4. The molecule has 0 saturated heterocycles. The van der Waals surface area contributed by atoms with Crippen LogP contribution in [0, 0.1) is 0 Å². The molecule has 0 spiro atoms. The van der Waals surface area contributed by atoms with Crippen molar-refractivity contribution in [1.82, 2.24) is 4.98 Å². The minimum Gasteiger partial charge on any atom is -0.417 e. The number of nitrogens with one attached hydrogen (secondary N) is 1. The molecule has 2 aliphatic rings. The highest BCUT2D eigenvalue weighted by Crippen LogP contribution is 2.16. The molecular formula is C7H5NO2. The molecular weight excluding hydrogens is 130 g/mol. The van der Waals surface area contributed by atoms with E-state index in [1.807, 2.05) is 18.2 Å². The van der Waals surface area contributed by atoms with E-state index >= 15 is 0 Å². The van der Waals surface area contributed by atoms with E-state index in [1.165, 1.54) is 6.26 Å².